The third-order valence-electron chi connectivity index (χ3n) is 4.06. The summed E-state index contributed by atoms with van der Waals surface area (Å²) in [5.41, 5.74) is 5.88. The van der Waals surface area contributed by atoms with Gasteiger partial charge in [0.15, 0.2) is 0 Å². The molecule has 5 nitrogen and oxygen atoms in total. The van der Waals surface area contributed by atoms with Gasteiger partial charge in [-0.1, -0.05) is 0 Å². The number of hydrogen-bond donors (Lipinski definition) is 1. The van der Waals surface area contributed by atoms with Crippen LogP contribution in [0.5, 0.6) is 0 Å². The van der Waals surface area contributed by atoms with Crippen LogP contribution in [0.2, 0.25) is 0 Å². The molecule has 1 amide bonds. The van der Waals surface area contributed by atoms with Crippen LogP contribution in [0, 0.1) is 0 Å². The molecular formula is C16H20N2O3. The van der Waals surface area contributed by atoms with Crippen molar-refractivity contribution in [2.24, 2.45) is 5.73 Å². The molecule has 0 bridgehead atoms. The van der Waals surface area contributed by atoms with Gasteiger partial charge < -0.3 is 19.5 Å². The second-order valence-electron chi connectivity index (χ2n) is 5.80. The Balaban J connectivity index is 1.69. The highest BCUT2D eigenvalue weighted by Gasteiger charge is 2.36. The summed E-state index contributed by atoms with van der Waals surface area (Å²) in [7, 11) is 0. The molecule has 112 valence electrons. The molecule has 0 saturated heterocycles. The summed E-state index contributed by atoms with van der Waals surface area (Å²) in [5, 5.41) is 0. The Morgan fingerprint density at radius 2 is 1.71 bits per heavy atom. The zero-order valence-electron chi connectivity index (χ0n) is 12.0. The standard InChI is InChI=1S/C16H20N2O3/c17-16(6-3-7-16)10-15(19)18(11-13-4-1-8-20-13)12-14-5-2-9-21-14/h1-2,4-5,8-9H,3,6-7,10-12,17H2. The smallest absolute Gasteiger partial charge is 0.225 e. The molecule has 5 heteroatoms. The second-order valence-corrected chi connectivity index (χ2v) is 5.80. The number of furan rings is 2. The molecule has 1 aliphatic rings. The minimum Gasteiger partial charge on any atom is -0.467 e. The summed E-state index contributed by atoms with van der Waals surface area (Å²) < 4.78 is 10.7. The van der Waals surface area contributed by atoms with Gasteiger partial charge in [0.1, 0.15) is 11.5 Å². The van der Waals surface area contributed by atoms with Gasteiger partial charge in [0.05, 0.1) is 25.6 Å². The fraction of sp³-hybridized carbons (Fsp3) is 0.438. The predicted molar refractivity (Wildman–Crippen MR) is 77.1 cm³/mol. The minimum absolute atomic E-state index is 0.0463. The lowest BCUT2D eigenvalue weighted by molar-refractivity contribution is -0.135. The van der Waals surface area contributed by atoms with E-state index in [9.17, 15) is 4.79 Å². The summed E-state index contributed by atoms with van der Waals surface area (Å²) in [6, 6.07) is 7.37. The molecule has 1 aliphatic carbocycles. The number of carbonyl (C=O) groups excluding carboxylic acids is 1. The predicted octanol–water partition coefficient (Wildman–Crippen LogP) is 2.67. The topological polar surface area (TPSA) is 72.6 Å². The van der Waals surface area contributed by atoms with Crippen LogP contribution in [0.1, 0.15) is 37.2 Å². The first-order valence-corrected chi connectivity index (χ1v) is 7.26. The first-order chi connectivity index (χ1) is 10.1. The van der Waals surface area contributed by atoms with Crippen LogP contribution >= 0.6 is 0 Å². The zero-order valence-corrected chi connectivity index (χ0v) is 12.0. The van der Waals surface area contributed by atoms with Crippen molar-refractivity contribution in [1.29, 1.82) is 0 Å². The summed E-state index contributed by atoms with van der Waals surface area (Å²) in [5.74, 6) is 1.56. The van der Waals surface area contributed by atoms with Crippen LogP contribution in [0.3, 0.4) is 0 Å². The largest absolute Gasteiger partial charge is 0.467 e. The Labute approximate surface area is 123 Å². The van der Waals surface area contributed by atoms with Gasteiger partial charge in [-0.2, -0.15) is 0 Å². The maximum atomic E-state index is 12.6. The van der Waals surface area contributed by atoms with Crippen molar-refractivity contribution in [3.8, 4) is 0 Å². The molecule has 21 heavy (non-hydrogen) atoms. The molecule has 2 aromatic heterocycles. The average molecular weight is 288 g/mol. The normalized spacial score (nSPS) is 16.4. The highest BCUT2D eigenvalue weighted by atomic mass is 16.3. The highest BCUT2D eigenvalue weighted by molar-refractivity contribution is 5.77. The molecule has 0 spiro atoms. The Morgan fingerprint density at radius 1 is 1.14 bits per heavy atom. The van der Waals surface area contributed by atoms with Gasteiger partial charge in [-0.05, 0) is 43.5 Å². The van der Waals surface area contributed by atoms with Crippen LogP contribution in [0.25, 0.3) is 0 Å². The van der Waals surface area contributed by atoms with E-state index in [1.807, 2.05) is 24.3 Å². The molecule has 0 radical (unpaired) electrons. The van der Waals surface area contributed by atoms with E-state index >= 15 is 0 Å². The van der Waals surface area contributed by atoms with Gasteiger partial charge in [0.2, 0.25) is 5.91 Å². The molecule has 1 saturated carbocycles. The van der Waals surface area contributed by atoms with Crippen molar-refractivity contribution in [3.05, 3.63) is 48.3 Å². The highest BCUT2D eigenvalue weighted by Crippen LogP contribution is 2.33. The molecule has 2 aromatic rings. The van der Waals surface area contributed by atoms with Crippen molar-refractivity contribution < 1.29 is 13.6 Å². The van der Waals surface area contributed by atoms with E-state index in [1.165, 1.54) is 0 Å². The van der Waals surface area contributed by atoms with Gasteiger partial charge >= 0.3 is 0 Å². The second kappa shape index (κ2) is 5.77. The number of nitrogens with zero attached hydrogens (tertiary/aromatic N) is 1. The number of hydrogen-bond acceptors (Lipinski definition) is 4. The van der Waals surface area contributed by atoms with E-state index in [1.54, 1.807) is 17.4 Å². The monoisotopic (exact) mass is 288 g/mol. The summed E-state index contributed by atoms with van der Waals surface area (Å²) in [6.45, 7) is 0.866. The number of rotatable bonds is 6. The molecule has 2 N–H and O–H groups in total. The number of carbonyl (C=O) groups is 1. The molecular weight excluding hydrogens is 268 g/mol. The molecule has 3 rings (SSSR count). The Morgan fingerprint density at radius 3 is 2.10 bits per heavy atom. The Hall–Kier alpha value is -2.01. The lowest BCUT2D eigenvalue weighted by atomic mass is 9.75. The molecule has 2 heterocycles. The van der Waals surface area contributed by atoms with Gasteiger partial charge in [0.25, 0.3) is 0 Å². The quantitative estimate of drug-likeness (QED) is 0.887. The molecule has 0 atom stereocenters. The lowest BCUT2D eigenvalue weighted by Crippen LogP contribution is -2.50. The first kappa shape index (κ1) is 13.9. The van der Waals surface area contributed by atoms with E-state index in [0.717, 1.165) is 30.8 Å². The van der Waals surface area contributed by atoms with Crippen LogP contribution in [-0.2, 0) is 17.9 Å². The fourth-order valence-electron chi connectivity index (χ4n) is 2.63. The van der Waals surface area contributed by atoms with E-state index in [0.29, 0.717) is 19.5 Å². The van der Waals surface area contributed by atoms with Crippen molar-refractivity contribution in [2.75, 3.05) is 0 Å². The summed E-state index contributed by atoms with van der Waals surface area (Å²) >= 11 is 0. The SMILES string of the molecule is NC1(CC(=O)N(Cc2ccco2)Cc2ccco2)CCC1. The average Bonchev–Trinajstić information content (AvgIpc) is 3.09. The lowest BCUT2D eigenvalue weighted by Gasteiger charge is -2.38. The van der Waals surface area contributed by atoms with E-state index in [-0.39, 0.29) is 11.4 Å². The third-order valence-corrected chi connectivity index (χ3v) is 4.06. The minimum atomic E-state index is -0.318. The van der Waals surface area contributed by atoms with E-state index in [2.05, 4.69) is 0 Å². The van der Waals surface area contributed by atoms with Crippen LogP contribution in [0.15, 0.2) is 45.6 Å². The van der Waals surface area contributed by atoms with Crippen molar-refractivity contribution in [2.45, 2.75) is 44.3 Å². The van der Waals surface area contributed by atoms with E-state index < -0.39 is 0 Å². The van der Waals surface area contributed by atoms with Gasteiger partial charge in [0, 0.05) is 12.0 Å². The van der Waals surface area contributed by atoms with Gasteiger partial charge in [-0.25, -0.2) is 0 Å². The Bertz CT molecular complexity index is 534. The number of nitrogens with two attached hydrogens (primary N) is 1. The summed E-state index contributed by atoms with van der Waals surface area (Å²) in [4.78, 5) is 14.3. The maximum Gasteiger partial charge on any atom is 0.225 e. The van der Waals surface area contributed by atoms with Crippen molar-refractivity contribution in [1.82, 2.24) is 4.90 Å². The van der Waals surface area contributed by atoms with Gasteiger partial charge in [-0.15, -0.1) is 0 Å². The van der Waals surface area contributed by atoms with Crippen LogP contribution < -0.4 is 5.73 Å². The summed E-state index contributed by atoms with van der Waals surface area (Å²) in [6.07, 6.45) is 6.57. The van der Waals surface area contributed by atoms with Crippen LogP contribution in [-0.4, -0.2) is 16.3 Å². The van der Waals surface area contributed by atoms with Crippen molar-refractivity contribution in [3.63, 3.8) is 0 Å². The van der Waals surface area contributed by atoms with Crippen molar-refractivity contribution >= 4 is 5.91 Å². The van der Waals surface area contributed by atoms with Gasteiger partial charge in [-0.3, -0.25) is 4.79 Å². The van der Waals surface area contributed by atoms with Crippen LogP contribution in [0.4, 0.5) is 0 Å². The zero-order chi connectivity index (χ0) is 14.7. The first-order valence-electron chi connectivity index (χ1n) is 7.26. The Kier molecular flexibility index (Phi) is 3.84. The third kappa shape index (κ3) is 3.36. The number of amides is 1. The molecule has 0 unspecified atom stereocenters. The maximum absolute atomic E-state index is 12.6. The molecule has 0 aliphatic heterocycles. The molecule has 0 aromatic carbocycles. The molecule has 1 fully saturated rings. The fourth-order valence-corrected chi connectivity index (χ4v) is 2.63. The van der Waals surface area contributed by atoms with E-state index in [4.69, 9.17) is 14.6 Å².